The van der Waals surface area contributed by atoms with Crippen LogP contribution in [0.1, 0.15) is 34.1 Å². The molecule has 158 valence electrons. The number of benzene rings is 2. The van der Waals surface area contributed by atoms with Gasteiger partial charge in [-0.25, -0.2) is 0 Å². The Hall–Kier alpha value is -2.34. The molecule has 0 amide bonds. The monoisotopic (exact) mass is 426 g/mol. The SMILES string of the molecule is CCc1c(Cl)cccc1C(=O)n1c(C)c(CCN2CCOCC2)c2cc(O)ccc21. The van der Waals surface area contributed by atoms with Gasteiger partial charge in [-0.15, -0.1) is 0 Å². The molecule has 0 saturated carbocycles. The quantitative estimate of drug-likeness (QED) is 0.655. The van der Waals surface area contributed by atoms with Gasteiger partial charge in [0.15, 0.2) is 0 Å². The predicted octanol–water partition coefficient (Wildman–Crippen LogP) is 4.43. The van der Waals surface area contributed by atoms with E-state index in [1.807, 2.05) is 38.1 Å². The molecule has 1 saturated heterocycles. The van der Waals surface area contributed by atoms with Crippen LogP contribution in [0.25, 0.3) is 10.9 Å². The molecule has 1 aliphatic heterocycles. The van der Waals surface area contributed by atoms with Crippen LogP contribution < -0.4 is 0 Å². The number of hydrogen-bond donors (Lipinski definition) is 1. The lowest BCUT2D eigenvalue weighted by atomic mass is 10.0. The second-order valence-electron chi connectivity index (χ2n) is 7.73. The number of carbonyl (C=O) groups is 1. The van der Waals surface area contributed by atoms with E-state index in [0.29, 0.717) is 17.0 Å². The first-order valence-electron chi connectivity index (χ1n) is 10.5. The van der Waals surface area contributed by atoms with Gasteiger partial charge in [-0.3, -0.25) is 14.3 Å². The fraction of sp³-hybridized carbons (Fsp3) is 0.375. The van der Waals surface area contributed by atoms with Gasteiger partial charge in [-0.1, -0.05) is 24.6 Å². The number of aromatic hydroxyl groups is 1. The van der Waals surface area contributed by atoms with Gasteiger partial charge in [0.1, 0.15) is 5.75 Å². The minimum absolute atomic E-state index is 0.0832. The van der Waals surface area contributed by atoms with Crippen LogP contribution in [0.2, 0.25) is 5.02 Å². The number of morpholine rings is 1. The van der Waals surface area contributed by atoms with Crippen molar-refractivity contribution in [1.82, 2.24) is 9.47 Å². The van der Waals surface area contributed by atoms with Gasteiger partial charge in [-0.05, 0) is 61.2 Å². The molecule has 2 heterocycles. The van der Waals surface area contributed by atoms with Crippen LogP contribution >= 0.6 is 11.6 Å². The lowest BCUT2D eigenvalue weighted by molar-refractivity contribution is 0.0384. The third kappa shape index (κ3) is 3.85. The summed E-state index contributed by atoms with van der Waals surface area (Å²) in [6.45, 7) is 8.24. The first-order chi connectivity index (χ1) is 14.5. The number of phenolic OH excluding ortho intramolecular Hbond substituents is 1. The Labute approximate surface area is 181 Å². The fourth-order valence-electron chi connectivity index (χ4n) is 4.38. The van der Waals surface area contributed by atoms with Crippen molar-refractivity contribution in [3.05, 3.63) is 63.8 Å². The molecule has 2 aromatic carbocycles. The Morgan fingerprint density at radius 2 is 1.93 bits per heavy atom. The molecule has 0 radical (unpaired) electrons. The molecule has 0 aliphatic carbocycles. The van der Waals surface area contributed by atoms with Crippen LogP contribution in [0.5, 0.6) is 5.75 Å². The maximum absolute atomic E-state index is 13.6. The van der Waals surface area contributed by atoms with Crippen molar-refractivity contribution in [3.8, 4) is 5.75 Å². The molecule has 1 aliphatic rings. The van der Waals surface area contributed by atoms with Gasteiger partial charge >= 0.3 is 0 Å². The summed E-state index contributed by atoms with van der Waals surface area (Å²) in [5.74, 6) is 0.122. The molecular weight excluding hydrogens is 400 g/mol. The van der Waals surface area contributed by atoms with Crippen LogP contribution in [-0.2, 0) is 17.6 Å². The highest BCUT2D eigenvalue weighted by Gasteiger charge is 2.23. The molecule has 1 aromatic heterocycles. The smallest absolute Gasteiger partial charge is 0.262 e. The van der Waals surface area contributed by atoms with E-state index in [2.05, 4.69) is 4.90 Å². The van der Waals surface area contributed by atoms with E-state index < -0.39 is 0 Å². The number of hydrogen-bond acceptors (Lipinski definition) is 4. The van der Waals surface area contributed by atoms with E-state index in [-0.39, 0.29) is 11.7 Å². The Kier molecular flexibility index (Phi) is 6.14. The van der Waals surface area contributed by atoms with Crippen LogP contribution in [0.4, 0.5) is 0 Å². The Morgan fingerprint density at radius 3 is 2.67 bits per heavy atom. The number of rotatable bonds is 5. The molecule has 1 N–H and O–H groups in total. The van der Waals surface area contributed by atoms with Crippen LogP contribution in [0.15, 0.2) is 36.4 Å². The lowest BCUT2D eigenvalue weighted by Gasteiger charge is -2.26. The van der Waals surface area contributed by atoms with Gasteiger partial charge < -0.3 is 9.84 Å². The molecule has 0 bridgehead atoms. The van der Waals surface area contributed by atoms with Crippen molar-refractivity contribution in [2.24, 2.45) is 0 Å². The van der Waals surface area contributed by atoms with E-state index >= 15 is 0 Å². The zero-order valence-corrected chi connectivity index (χ0v) is 18.2. The molecule has 3 aromatic rings. The third-order valence-corrected chi connectivity index (χ3v) is 6.36. The van der Waals surface area contributed by atoms with Crippen LogP contribution in [-0.4, -0.2) is 53.3 Å². The van der Waals surface area contributed by atoms with Crippen molar-refractivity contribution in [2.45, 2.75) is 26.7 Å². The normalized spacial score (nSPS) is 15.0. The van der Waals surface area contributed by atoms with E-state index in [1.54, 1.807) is 16.7 Å². The average molecular weight is 427 g/mol. The summed E-state index contributed by atoms with van der Waals surface area (Å²) >= 11 is 6.37. The van der Waals surface area contributed by atoms with Crippen molar-refractivity contribution in [3.63, 3.8) is 0 Å². The number of fused-ring (bicyclic) bond motifs is 1. The molecule has 30 heavy (non-hydrogen) atoms. The highest BCUT2D eigenvalue weighted by Crippen LogP contribution is 2.31. The number of carbonyl (C=O) groups excluding carboxylic acids is 1. The minimum atomic E-state index is -0.0832. The third-order valence-electron chi connectivity index (χ3n) is 6.01. The summed E-state index contributed by atoms with van der Waals surface area (Å²) in [6, 6.07) is 10.7. The standard InChI is InChI=1S/C24H27ClN2O3/c1-3-18-20(5-4-6-22(18)25)24(29)27-16(2)19(9-10-26-11-13-30-14-12-26)21-15-17(28)7-8-23(21)27/h4-8,15,28H,3,9-14H2,1-2H3. The minimum Gasteiger partial charge on any atom is -0.508 e. The average Bonchev–Trinajstić information content (AvgIpc) is 3.02. The van der Waals surface area contributed by atoms with Gasteiger partial charge in [0.05, 0.1) is 18.7 Å². The largest absolute Gasteiger partial charge is 0.508 e. The van der Waals surface area contributed by atoms with Gasteiger partial charge in [-0.2, -0.15) is 0 Å². The topological polar surface area (TPSA) is 54.7 Å². The van der Waals surface area contributed by atoms with Crippen molar-refractivity contribution in [2.75, 3.05) is 32.8 Å². The molecule has 5 nitrogen and oxygen atoms in total. The summed E-state index contributed by atoms with van der Waals surface area (Å²) < 4.78 is 7.22. The number of ether oxygens (including phenoxy) is 1. The molecule has 4 rings (SSSR count). The highest BCUT2D eigenvalue weighted by molar-refractivity contribution is 6.32. The number of halogens is 1. The van der Waals surface area contributed by atoms with Crippen LogP contribution in [0, 0.1) is 6.92 Å². The van der Waals surface area contributed by atoms with E-state index in [1.165, 1.54) is 0 Å². The predicted molar refractivity (Wildman–Crippen MR) is 120 cm³/mol. The number of nitrogens with zero attached hydrogens (tertiary/aromatic N) is 2. The first-order valence-corrected chi connectivity index (χ1v) is 10.8. The summed E-state index contributed by atoms with van der Waals surface area (Å²) in [5.41, 5.74) is 4.31. The van der Waals surface area contributed by atoms with E-state index in [4.69, 9.17) is 16.3 Å². The molecule has 0 spiro atoms. The molecule has 1 fully saturated rings. The highest BCUT2D eigenvalue weighted by atomic mass is 35.5. The van der Waals surface area contributed by atoms with Crippen molar-refractivity contribution in [1.29, 1.82) is 0 Å². The second-order valence-corrected chi connectivity index (χ2v) is 8.14. The van der Waals surface area contributed by atoms with Gasteiger partial charge in [0, 0.05) is 41.3 Å². The lowest BCUT2D eigenvalue weighted by Crippen LogP contribution is -2.37. The summed E-state index contributed by atoms with van der Waals surface area (Å²) in [7, 11) is 0. The molecule has 6 heteroatoms. The van der Waals surface area contributed by atoms with E-state index in [0.717, 1.165) is 67.0 Å². The summed E-state index contributed by atoms with van der Waals surface area (Å²) in [6.07, 6.45) is 1.49. The Morgan fingerprint density at radius 1 is 1.17 bits per heavy atom. The zero-order chi connectivity index (χ0) is 21.3. The molecular formula is C24H27ClN2O3. The molecule has 0 unspecified atom stereocenters. The second kappa shape index (κ2) is 8.80. The first kappa shape index (κ1) is 20.9. The number of phenols is 1. The summed E-state index contributed by atoms with van der Waals surface area (Å²) in [5, 5.41) is 11.6. The molecule has 0 atom stereocenters. The van der Waals surface area contributed by atoms with Gasteiger partial charge in [0.2, 0.25) is 0 Å². The maximum Gasteiger partial charge on any atom is 0.262 e. The number of aromatic nitrogens is 1. The van der Waals surface area contributed by atoms with Crippen LogP contribution in [0.3, 0.4) is 0 Å². The van der Waals surface area contributed by atoms with E-state index in [9.17, 15) is 9.90 Å². The summed E-state index contributed by atoms with van der Waals surface area (Å²) in [4.78, 5) is 16.0. The zero-order valence-electron chi connectivity index (χ0n) is 17.4. The van der Waals surface area contributed by atoms with Crippen molar-refractivity contribution < 1.29 is 14.6 Å². The van der Waals surface area contributed by atoms with Crippen molar-refractivity contribution >= 4 is 28.4 Å². The maximum atomic E-state index is 13.6. The Balaban J connectivity index is 1.78. The Bertz CT molecular complexity index is 1080. The fourth-order valence-corrected chi connectivity index (χ4v) is 4.69. The van der Waals surface area contributed by atoms with Gasteiger partial charge in [0.25, 0.3) is 5.91 Å².